The lowest BCUT2D eigenvalue weighted by atomic mass is 10.1. The molecule has 6 heteroatoms. The number of para-hydroxylation sites is 2. The number of esters is 1. The summed E-state index contributed by atoms with van der Waals surface area (Å²) in [5.41, 5.74) is 4.10. The van der Waals surface area contributed by atoms with Crippen LogP contribution in [0.25, 0.3) is 16.9 Å². The molecule has 1 N–H and O–H groups in total. The molecule has 0 atom stereocenters. The molecule has 6 nitrogen and oxygen atoms in total. The summed E-state index contributed by atoms with van der Waals surface area (Å²) in [5, 5.41) is 7.35. The van der Waals surface area contributed by atoms with Crippen molar-refractivity contribution in [3.63, 3.8) is 0 Å². The Balaban J connectivity index is 1.55. The number of carbonyl (C=O) groups excluding carboxylic acids is 2. The number of anilines is 1. The van der Waals surface area contributed by atoms with E-state index in [1.54, 1.807) is 12.1 Å². The molecule has 0 bridgehead atoms. The Hall–Kier alpha value is -4.19. The molecule has 0 saturated heterocycles. The van der Waals surface area contributed by atoms with Crippen LogP contribution in [0.15, 0.2) is 91.0 Å². The van der Waals surface area contributed by atoms with Gasteiger partial charge in [0.15, 0.2) is 12.3 Å². The average molecular weight is 411 g/mol. The zero-order chi connectivity index (χ0) is 21.6. The highest BCUT2D eigenvalue weighted by molar-refractivity contribution is 5.96. The van der Waals surface area contributed by atoms with Crippen LogP contribution in [-0.4, -0.2) is 28.3 Å². The van der Waals surface area contributed by atoms with Gasteiger partial charge in [-0.05, 0) is 36.8 Å². The first-order valence-electron chi connectivity index (χ1n) is 9.85. The van der Waals surface area contributed by atoms with Gasteiger partial charge < -0.3 is 10.1 Å². The van der Waals surface area contributed by atoms with E-state index in [4.69, 9.17) is 4.74 Å². The van der Waals surface area contributed by atoms with Crippen molar-refractivity contribution < 1.29 is 14.3 Å². The predicted octanol–water partition coefficient (Wildman–Crippen LogP) is 4.64. The molecule has 0 unspecified atom stereocenters. The van der Waals surface area contributed by atoms with Gasteiger partial charge in [-0.15, -0.1) is 0 Å². The van der Waals surface area contributed by atoms with Gasteiger partial charge in [0.25, 0.3) is 5.91 Å². The number of aromatic nitrogens is 2. The summed E-state index contributed by atoms with van der Waals surface area (Å²) in [7, 11) is 0. The summed E-state index contributed by atoms with van der Waals surface area (Å²) in [5.74, 6) is -1.03. The Morgan fingerprint density at radius 3 is 2.26 bits per heavy atom. The minimum absolute atomic E-state index is 0.244. The zero-order valence-electron chi connectivity index (χ0n) is 17.0. The molecule has 154 valence electrons. The number of rotatable bonds is 6. The maximum absolute atomic E-state index is 12.8. The molecule has 0 aliphatic carbocycles. The summed E-state index contributed by atoms with van der Waals surface area (Å²) in [6.45, 7) is 1.50. The van der Waals surface area contributed by atoms with Crippen molar-refractivity contribution in [2.45, 2.75) is 6.92 Å². The lowest BCUT2D eigenvalue weighted by Crippen LogP contribution is -2.22. The number of ether oxygens (including phenoxy) is 1. The Bertz CT molecular complexity index is 1200. The molecule has 1 aromatic heterocycles. The molecule has 0 aliphatic heterocycles. The summed E-state index contributed by atoms with van der Waals surface area (Å²) in [4.78, 5) is 25.1. The predicted molar refractivity (Wildman–Crippen MR) is 119 cm³/mol. The van der Waals surface area contributed by atoms with Crippen LogP contribution in [0.3, 0.4) is 0 Å². The lowest BCUT2D eigenvalue weighted by molar-refractivity contribution is -0.119. The molecule has 0 radical (unpaired) electrons. The van der Waals surface area contributed by atoms with Crippen LogP contribution >= 0.6 is 0 Å². The number of hydrogen-bond donors (Lipinski definition) is 1. The number of amides is 1. The lowest BCUT2D eigenvalue weighted by Gasteiger charge is -2.09. The third-order valence-electron chi connectivity index (χ3n) is 4.74. The standard InChI is InChI=1S/C25H21N3O3/c1-18-10-8-9-15-21(18)26-24(29)17-31-25(30)23-16-22(19-11-4-2-5-12-19)27-28(23)20-13-6-3-7-14-20/h2-16H,17H2,1H3,(H,26,29). The number of benzene rings is 3. The first-order valence-corrected chi connectivity index (χ1v) is 9.85. The number of nitrogens with zero attached hydrogens (tertiary/aromatic N) is 2. The van der Waals surface area contributed by atoms with Crippen LogP contribution in [-0.2, 0) is 9.53 Å². The average Bonchev–Trinajstić information content (AvgIpc) is 3.26. The molecule has 0 fully saturated rings. The van der Waals surface area contributed by atoms with Crippen LogP contribution in [0.5, 0.6) is 0 Å². The fourth-order valence-corrected chi connectivity index (χ4v) is 3.15. The molecule has 1 amide bonds. The number of hydrogen-bond acceptors (Lipinski definition) is 4. The molecule has 4 aromatic rings. The minimum Gasteiger partial charge on any atom is -0.451 e. The van der Waals surface area contributed by atoms with Gasteiger partial charge in [-0.2, -0.15) is 5.10 Å². The largest absolute Gasteiger partial charge is 0.451 e. The SMILES string of the molecule is Cc1ccccc1NC(=O)COC(=O)c1cc(-c2ccccc2)nn1-c1ccccc1. The summed E-state index contributed by atoms with van der Waals surface area (Å²) >= 11 is 0. The summed E-state index contributed by atoms with van der Waals surface area (Å²) in [6, 6.07) is 28.0. The normalized spacial score (nSPS) is 10.5. The van der Waals surface area contributed by atoms with E-state index in [2.05, 4.69) is 10.4 Å². The molecular formula is C25H21N3O3. The maximum atomic E-state index is 12.8. The van der Waals surface area contributed by atoms with E-state index >= 15 is 0 Å². The van der Waals surface area contributed by atoms with E-state index < -0.39 is 18.5 Å². The highest BCUT2D eigenvalue weighted by Gasteiger charge is 2.20. The highest BCUT2D eigenvalue weighted by atomic mass is 16.5. The Morgan fingerprint density at radius 1 is 0.903 bits per heavy atom. The van der Waals surface area contributed by atoms with Crippen molar-refractivity contribution >= 4 is 17.6 Å². The molecule has 31 heavy (non-hydrogen) atoms. The highest BCUT2D eigenvalue weighted by Crippen LogP contribution is 2.22. The van der Waals surface area contributed by atoms with Crippen molar-refractivity contribution in [2.75, 3.05) is 11.9 Å². The molecular weight excluding hydrogens is 390 g/mol. The van der Waals surface area contributed by atoms with Gasteiger partial charge >= 0.3 is 5.97 Å². The van der Waals surface area contributed by atoms with E-state index in [0.717, 1.165) is 16.8 Å². The third-order valence-corrected chi connectivity index (χ3v) is 4.74. The van der Waals surface area contributed by atoms with Gasteiger partial charge in [-0.3, -0.25) is 4.79 Å². The molecule has 1 heterocycles. The van der Waals surface area contributed by atoms with Crippen LogP contribution in [0.1, 0.15) is 16.1 Å². The Morgan fingerprint density at radius 2 is 1.55 bits per heavy atom. The molecule has 0 saturated carbocycles. The van der Waals surface area contributed by atoms with Crippen molar-refractivity contribution in [1.82, 2.24) is 9.78 Å². The van der Waals surface area contributed by atoms with Crippen molar-refractivity contribution in [3.05, 3.63) is 102 Å². The maximum Gasteiger partial charge on any atom is 0.357 e. The second-order valence-corrected chi connectivity index (χ2v) is 6.97. The molecule has 0 spiro atoms. The topological polar surface area (TPSA) is 73.2 Å². The fraction of sp³-hybridized carbons (Fsp3) is 0.0800. The van der Waals surface area contributed by atoms with E-state index in [9.17, 15) is 9.59 Å². The van der Waals surface area contributed by atoms with Crippen molar-refractivity contribution in [1.29, 1.82) is 0 Å². The fourth-order valence-electron chi connectivity index (χ4n) is 3.15. The number of nitrogens with one attached hydrogen (secondary N) is 1. The van der Waals surface area contributed by atoms with Crippen LogP contribution < -0.4 is 5.32 Å². The quantitative estimate of drug-likeness (QED) is 0.469. The third kappa shape index (κ3) is 4.70. The van der Waals surface area contributed by atoms with Crippen LogP contribution in [0.2, 0.25) is 0 Å². The van der Waals surface area contributed by atoms with E-state index in [-0.39, 0.29) is 5.69 Å². The molecule has 0 aliphatic rings. The second kappa shape index (κ2) is 9.09. The smallest absolute Gasteiger partial charge is 0.357 e. The van der Waals surface area contributed by atoms with Crippen molar-refractivity contribution in [3.8, 4) is 16.9 Å². The van der Waals surface area contributed by atoms with Crippen LogP contribution in [0, 0.1) is 6.92 Å². The van der Waals surface area contributed by atoms with Gasteiger partial charge in [-0.1, -0.05) is 66.7 Å². The summed E-state index contributed by atoms with van der Waals surface area (Å²) < 4.78 is 6.83. The minimum atomic E-state index is -0.626. The zero-order valence-corrected chi connectivity index (χ0v) is 17.0. The molecule has 3 aromatic carbocycles. The van der Waals surface area contributed by atoms with Gasteiger partial charge in [0.2, 0.25) is 0 Å². The first-order chi connectivity index (χ1) is 15.1. The van der Waals surface area contributed by atoms with Crippen LogP contribution in [0.4, 0.5) is 5.69 Å². The Labute approximate surface area is 180 Å². The van der Waals surface area contributed by atoms with Gasteiger partial charge in [0.1, 0.15) is 0 Å². The monoisotopic (exact) mass is 411 g/mol. The first kappa shape index (κ1) is 20.1. The Kier molecular flexibility index (Phi) is 5.89. The van der Waals surface area contributed by atoms with Gasteiger partial charge in [0.05, 0.1) is 11.4 Å². The molecule has 4 rings (SSSR count). The number of aryl methyl sites for hydroxylation is 1. The van der Waals surface area contributed by atoms with Gasteiger partial charge in [0, 0.05) is 11.3 Å². The van der Waals surface area contributed by atoms with Gasteiger partial charge in [-0.25, -0.2) is 9.48 Å². The number of carbonyl (C=O) groups is 2. The van der Waals surface area contributed by atoms with E-state index in [1.165, 1.54) is 4.68 Å². The summed E-state index contributed by atoms with van der Waals surface area (Å²) in [6.07, 6.45) is 0. The second-order valence-electron chi connectivity index (χ2n) is 6.97. The van der Waals surface area contributed by atoms with E-state index in [1.807, 2.05) is 85.8 Å². The van der Waals surface area contributed by atoms with Crippen molar-refractivity contribution in [2.24, 2.45) is 0 Å². The van der Waals surface area contributed by atoms with E-state index in [0.29, 0.717) is 11.4 Å².